The average Bonchev–Trinajstić information content (AvgIpc) is 2.88. The number of rotatable bonds is 5. The summed E-state index contributed by atoms with van der Waals surface area (Å²) in [6, 6.07) is 6.67. The summed E-state index contributed by atoms with van der Waals surface area (Å²) in [6.07, 6.45) is 2.45. The van der Waals surface area contributed by atoms with Gasteiger partial charge >= 0.3 is 0 Å². The van der Waals surface area contributed by atoms with E-state index in [-0.39, 0.29) is 0 Å². The van der Waals surface area contributed by atoms with Gasteiger partial charge in [0.2, 0.25) is 0 Å². The van der Waals surface area contributed by atoms with Gasteiger partial charge in [0.15, 0.2) is 0 Å². The average molecular weight is 327 g/mol. The van der Waals surface area contributed by atoms with Crippen LogP contribution in [0, 0.1) is 5.92 Å². The Kier molecular flexibility index (Phi) is 5.25. The number of nitrogens with zero attached hydrogens (tertiary/aromatic N) is 1. The summed E-state index contributed by atoms with van der Waals surface area (Å²) in [5.41, 5.74) is 1.27. The standard InChI is InChI=1S/C15H23BrN2O/c1-18(2)14(8-11-6-7-17-10-11)13-9-12(16)4-5-15(13)19-3/h4-5,9,11,14,17H,6-8,10H2,1-3H3. The van der Waals surface area contributed by atoms with Crippen molar-refractivity contribution in [3.05, 3.63) is 28.2 Å². The lowest BCUT2D eigenvalue weighted by atomic mass is 9.93. The molecule has 4 heteroatoms. The van der Waals surface area contributed by atoms with Gasteiger partial charge in [-0.3, -0.25) is 0 Å². The molecule has 1 fully saturated rings. The molecule has 1 N–H and O–H groups in total. The molecule has 2 unspecified atom stereocenters. The summed E-state index contributed by atoms with van der Waals surface area (Å²) in [6.45, 7) is 2.29. The number of benzene rings is 1. The third-order valence-corrected chi connectivity index (χ3v) is 4.39. The van der Waals surface area contributed by atoms with E-state index in [0.29, 0.717) is 6.04 Å². The quantitative estimate of drug-likeness (QED) is 0.900. The maximum Gasteiger partial charge on any atom is 0.123 e. The Labute approximate surface area is 124 Å². The second-order valence-corrected chi connectivity index (χ2v) is 6.38. The van der Waals surface area contributed by atoms with Gasteiger partial charge in [0, 0.05) is 16.1 Å². The topological polar surface area (TPSA) is 24.5 Å². The fourth-order valence-corrected chi connectivity index (χ4v) is 3.19. The van der Waals surface area contributed by atoms with E-state index in [1.807, 2.05) is 12.1 Å². The first-order valence-electron chi connectivity index (χ1n) is 6.82. The first-order valence-corrected chi connectivity index (χ1v) is 7.61. The summed E-state index contributed by atoms with van der Waals surface area (Å²) >= 11 is 3.57. The Balaban J connectivity index is 2.24. The zero-order valence-corrected chi connectivity index (χ0v) is 13.5. The highest BCUT2D eigenvalue weighted by atomic mass is 79.9. The van der Waals surface area contributed by atoms with Gasteiger partial charge < -0.3 is 15.0 Å². The van der Waals surface area contributed by atoms with E-state index in [1.165, 1.54) is 18.4 Å². The SMILES string of the molecule is COc1ccc(Br)cc1C(CC1CCNC1)N(C)C. The molecule has 2 rings (SSSR count). The number of methoxy groups -OCH3 is 1. The van der Waals surface area contributed by atoms with E-state index in [4.69, 9.17) is 4.74 Å². The predicted molar refractivity (Wildman–Crippen MR) is 82.7 cm³/mol. The molecule has 1 aromatic rings. The highest BCUT2D eigenvalue weighted by Gasteiger charge is 2.24. The fraction of sp³-hybridized carbons (Fsp3) is 0.600. The van der Waals surface area contributed by atoms with Crippen LogP contribution in [-0.4, -0.2) is 39.2 Å². The van der Waals surface area contributed by atoms with E-state index < -0.39 is 0 Å². The van der Waals surface area contributed by atoms with Gasteiger partial charge in [0.25, 0.3) is 0 Å². The van der Waals surface area contributed by atoms with Gasteiger partial charge in [-0.05, 0) is 64.1 Å². The molecule has 0 aliphatic carbocycles. The molecule has 2 atom stereocenters. The summed E-state index contributed by atoms with van der Waals surface area (Å²) in [5.74, 6) is 1.74. The van der Waals surface area contributed by atoms with E-state index in [0.717, 1.165) is 29.2 Å². The number of hydrogen-bond donors (Lipinski definition) is 1. The van der Waals surface area contributed by atoms with Crippen molar-refractivity contribution in [3.8, 4) is 5.75 Å². The number of nitrogens with one attached hydrogen (secondary N) is 1. The van der Waals surface area contributed by atoms with E-state index in [2.05, 4.69) is 46.3 Å². The monoisotopic (exact) mass is 326 g/mol. The van der Waals surface area contributed by atoms with Crippen molar-refractivity contribution in [1.29, 1.82) is 0 Å². The van der Waals surface area contributed by atoms with E-state index in [1.54, 1.807) is 7.11 Å². The number of hydrogen-bond acceptors (Lipinski definition) is 3. The third-order valence-electron chi connectivity index (χ3n) is 3.89. The molecule has 3 nitrogen and oxygen atoms in total. The largest absolute Gasteiger partial charge is 0.496 e. The normalized spacial score (nSPS) is 20.8. The minimum atomic E-state index is 0.400. The smallest absolute Gasteiger partial charge is 0.123 e. The first kappa shape index (κ1) is 14.8. The lowest BCUT2D eigenvalue weighted by molar-refractivity contribution is 0.246. The maximum absolute atomic E-state index is 5.53. The molecule has 0 bridgehead atoms. The van der Waals surface area contributed by atoms with Gasteiger partial charge in [-0.1, -0.05) is 15.9 Å². The minimum Gasteiger partial charge on any atom is -0.496 e. The Morgan fingerprint density at radius 2 is 2.26 bits per heavy atom. The maximum atomic E-state index is 5.53. The van der Waals surface area contributed by atoms with E-state index in [9.17, 15) is 0 Å². The molecule has 1 saturated heterocycles. The molecular formula is C15H23BrN2O. The molecule has 0 saturated carbocycles. The van der Waals surface area contributed by atoms with Crippen LogP contribution in [-0.2, 0) is 0 Å². The Morgan fingerprint density at radius 1 is 1.47 bits per heavy atom. The summed E-state index contributed by atoms with van der Waals surface area (Å²) in [7, 11) is 6.04. The van der Waals surface area contributed by atoms with Crippen LogP contribution in [0.25, 0.3) is 0 Å². The Morgan fingerprint density at radius 3 is 2.84 bits per heavy atom. The molecule has 0 spiro atoms. The van der Waals surface area contributed by atoms with Crippen LogP contribution in [0.1, 0.15) is 24.4 Å². The van der Waals surface area contributed by atoms with Gasteiger partial charge in [-0.2, -0.15) is 0 Å². The minimum absolute atomic E-state index is 0.400. The summed E-state index contributed by atoms with van der Waals surface area (Å²) in [4.78, 5) is 2.29. The van der Waals surface area contributed by atoms with Crippen LogP contribution >= 0.6 is 15.9 Å². The van der Waals surface area contributed by atoms with Crippen molar-refractivity contribution >= 4 is 15.9 Å². The van der Waals surface area contributed by atoms with Gasteiger partial charge in [0.05, 0.1) is 7.11 Å². The van der Waals surface area contributed by atoms with Crippen molar-refractivity contribution in [2.24, 2.45) is 5.92 Å². The van der Waals surface area contributed by atoms with Crippen LogP contribution in [0.4, 0.5) is 0 Å². The third kappa shape index (κ3) is 3.71. The van der Waals surface area contributed by atoms with Crippen molar-refractivity contribution < 1.29 is 4.74 Å². The molecular weight excluding hydrogens is 304 g/mol. The zero-order valence-electron chi connectivity index (χ0n) is 11.9. The molecule has 0 amide bonds. The highest BCUT2D eigenvalue weighted by Crippen LogP contribution is 2.35. The lowest BCUT2D eigenvalue weighted by Gasteiger charge is -2.28. The first-order chi connectivity index (χ1) is 9.11. The van der Waals surface area contributed by atoms with Crippen LogP contribution in [0.3, 0.4) is 0 Å². The zero-order chi connectivity index (χ0) is 13.8. The number of ether oxygens (including phenoxy) is 1. The van der Waals surface area contributed by atoms with Gasteiger partial charge in [-0.25, -0.2) is 0 Å². The molecule has 19 heavy (non-hydrogen) atoms. The predicted octanol–water partition coefficient (Wildman–Crippen LogP) is 3.06. The molecule has 0 aromatic heterocycles. The lowest BCUT2D eigenvalue weighted by Crippen LogP contribution is -2.24. The molecule has 106 valence electrons. The van der Waals surface area contributed by atoms with E-state index >= 15 is 0 Å². The summed E-state index contributed by atoms with van der Waals surface area (Å²) < 4.78 is 6.64. The van der Waals surface area contributed by atoms with Crippen molar-refractivity contribution in [1.82, 2.24) is 10.2 Å². The van der Waals surface area contributed by atoms with Gasteiger partial charge in [0.1, 0.15) is 5.75 Å². The molecule has 1 aliphatic heterocycles. The summed E-state index contributed by atoms with van der Waals surface area (Å²) in [5, 5.41) is 3.45. The van der Waals surface area contributed by atoms with Gasteiger partial charge in [-0.15, -0.1) is 0 Å². The van der Waals surface area contributed by atoms with Crippen LogP contribution in [0.15, 0.2) is 22.7 Å². The molecule has 1 aromatic carbocycles. The Hall–Kier alpha value is -0.580. The number of halogens is 1. The van der Waals surface area contributed by atoms with Crippen molar-refractivity contribution in [3.63, 3.8) is 0 Å². The molecule has 0 radical (unpaired) electrons. The Bertz CT molecular complexity index is 417. The van der Waals surface area contributed by atoms with Crippen LogP contribution in [0.2, 0.25) is 0 Å². The second-order valence-electron chi connectivity index (χ2n) is 5.46. The fourth-order valence-electron chi connectivity index (χ4n) is 2.81. The van der Waals surface area contributed by atoms with Crippen molar-refractivity contribution in [2.45, 2.75) is 18.9 Å². The second kappa shape index (κ2) is 6.73. The van der Waals surface area contributed by atoms with Crippen LogP contribution in [0.5, 0.6) is 5.75 Å². The highest BCUT2D eigenvalue weighted by molar-refractivity contribution is 9.10. The molecule has 1 aliphatic rings. The van der Waals surface area contributed by atoms with Crippen LogP contribution < -0.4 is 10.1 Å². The molecule has 1 heterocycles. The van der Waals surface area contributed by atoms with Crippen molar-refractivity contribution in [2.75, 3.05) is 34.3 Å².